The number of hydrogen-bond donors (Lipinski definition) is 1. The zero-order valence-corrected chi connectivity index (χ0v) is 14.6. The topological polar surface area (TPSA) is 91.6 Å². The van der Waals surface area contributed by atoms with Gasteiger partial charge >= 0.3 is 0 Å². The summed E-state index contributed by atoms with van der Waals surface area (Å²) < 4.78 is 5.50. The van der Waals surface area contributed by atoms with Crippen molar-refractivity contribution in [3.05, 3.63) is 35.4 Å². The predicted octanol–water partition coefficient (Wildman–Crippen LogP) is 1.30. The fourth-order valence-corrected chi connectivity index (χ4v) is 3.64. The van der Waals surface area contributed by atoms with Crippen molar-refractivity contribution in [2.45, 2.75) is 18.8 Å². The molecule has 1 aliphatic carbocycles. The molecule has 136 valence electrons. The van der Waals surface area contributed by atoms with Crippen molar-refractivity contribution < 1.29 is 14.0 Å². The third kappa shape index (κ3) is 2.91. The molecule has 1 fully saturated rings. The Morgan fingerprint density at radius 3 is 2.69 bits per heavy atom. The number of fused-ring (bicyclic) bond motifs is 1. The molecule has 0 spiro atoms. The number of anilines is 2. The van der Waals surface area contributed by atoms with Gasteiger partial charge in [0.05, 0.1) is 17.5 Å². The summed E-state index contributed by atoms with van der Waals surface area (Å²) in [6.45, 7) is 2.64. The van der Waals surface area contributed by atoms with Gasteiger partial charge in [-0.25, -0.2) is 4.98 Å². The van der Waals surface area contributed by atoms with E-state index in [4.69, 9.17) is 9.40 Å². The van der Waals surface area contributed by atoms with Crippen LogP contribution in [0.4, 0.5) is 11.8 Å². The van der Waals surface area contributed by atoms with Crippen molar-refractivity contribution in [3.63, 3.8) is 0 Å². The third-order valence-corrected chi connectivity index (χ3v) is 5.05. The Balaban J connectivity index is 1.66. The highest BCUT2D eigenvalue weighted by Gasteiger charge is 2.33. The first-order valence-electron chi connectivity index (χ1n) is 8.79. The third-order valence-electron chi connectivity index (χ3n) is 5.05. The van der Waals surface area contributed by atoms with E-state index < -0.39 is 0 Å². The monoisotopic (exact) mass is 355 g/mol. The van der Waals surface area contributed by atoms with E-state index in [1.54, 1.807) is 18.2 Å². The smallest absolute Gasteiger partial charge is 0.227 e. The van der Waals surface area contributed by atoms with Gasteiger partial charge in [-0.05, 0) is 12.1 Å². The first-order valence-corrected chi connectivity index (χ1v) is 8.79. The summed E-state index contributed by atoms with van der Waals surface area (Å²) >= 11 is 0. The molecule has 1 atom stereocenters. The molecule has 2 aliphatic rings. The number of hydrogen-bond acceptors (Lipinski definition) is 7. The number of rotatable bonds is 4. The van der Waals surface area contributed by atoms with E-state index in [-0.39, 0.29) is 11.7 Å². The van der Waals surface area contributed by atoms with Crippen LogP contribution in [0.5, 0.6) is 0 Å². The Kier molecular flexibility index (Phi) is 4.32. The van der Waals surface area contributed by atoms with E-state index in [0.29, 0.717) is 56.4 Å². The van der Waals surface area contributed by atoms with Crippen molar-refractivity contribution in [2.75, 3.05) is 43.4 Å². The van der Waals surface area contributed by atoms with E-state index >= 15 is 0 Å². The fourth-order valence-electron chi connectivity index (χ4n) is 3.64. The molecule has 0 bridgehead atoms. The maximum atomic E-state index is 12.7. The molecule has 1 amide bonds. The van der Waals surface area contributed by atoms with E-state index in [0.717, 1.165) is 17.9 Å². The van der Waals surface area contributed by atoms with Crippen LogP contribution in [-0.2, 0) is 11.2 Å². The molecule has 1 aliphatic heterocycles. The minimum Gasteiger partial charge on any atom is -0.469 e. The SMILES string of the molecule is CNc1nc(N2CCN(C=O)CC2)nc2c1C(=O)C[C@H](c1ccco1)C2. The van der Waals surface area contributed by atoms with Gasteiger partial charge < -0.3 is 19.5 Å². The molecule has 1 N–H and O–H groups in total. The van der Waals surface area contributed by atoms with Crippen molar-refractivity contribution in [3.8, 4) is 0 Å². The van der Waals surface area contributed by atoms with Crippen molar-refractivity contribution in [1.82, 2.24) is 14.9 Å². The number of carbonyl (C=O) groups is 2. The molecule has 0 unspecified atom stereocenters. The molecular formula is C18H21N5O3. The molecule has 26 heavy (non-hydrogen) atoms. The minimum atomic E-state index is 0.00404. The summed E-state index contributed by atoms with van der Waals surface area (Å²) in [6, 6.07) is 3.74. The standard InChI is InChI=1S/C18H21N5O3/c1-19-17-16-13(9-12(10-14(16)25)15-3-2-8-26-15)20-18(21-17)23-6-4-22(11-24)5-7-23/h2-3,8,11-12H,4-7,9-10H2,1H3,(H,19,20,21)/t12-/m1/s1. The largest absolute Gasteiger partial charge is 0.469 e. The normalized spacial score (nSPS) is 20.0. The maximum Gasteiger partial charge on any atom is 0.227 e. The number of furan rings is 1. The van der Waals surface area contributed by atoms with Crippen LogP contribution in [0.15, 0.2) is 22.8 Å². The van der Waals surface area contributed by atoms with Crippen LogP contribution in [0.1, 0.15) is 34.2 Å². The summed E-state index contributed by atoms with van der Waals surface area (Å²) in [6.07, 6.45) is 3.55. The molecule has 2 aromatic heterocycles. The summed E-state index contributed by atoms with van der Waals surface area (Å²) in [7, 11) is 1.77. The van der Waals surface area contributed by atoms with Gasteiger partial charge in [0.2, 0.25) is 12.4 Å². The summed E-state index contributed by atoms with van der Waals surface area (Å²) in [5, 5.41) is 3.05. The molecule has 1 saturated heterocycles. The van der Waals surface area contributed by atoms with Crippen LogP contribution < -0.4 is 10.2 Å². The van der Waals surface area contributed by atoms with Crippen LogP contribution in [0.2, 0.25) is 0 Å². The zero-order valence-electron chi connectivity index (χ0n) is 14.6. The Morgan fingerprint density at radius 1 is 1.23 bits per heavy atom. The number of aromatic nitrogens is 2. The maximum absolute atomic E-state index is 12.7. The summed E-state index contributed by atoms with van der Waals surface area (Å²) in [5.74, 6) is 2.03. The van der Waals surface area contributed by atoms with Gasteiger partial charge in [-0.2, -0.15) is 4.98 Å². The van der Waals surface area contributed by atoms with Crippen LogP contribution in [0.3, 0.4) is 0 Å². The van der Waals surface area contributed by atoms with Crippen LogP contribution in [-0.4, -0.2) is 60.3 Å². The Bertz CT molecular complexity index is 812. The Morgan fingerprint density at radius 2 is 2.04 bits per heavy atom. The summed E-state index contributed by atoms with van der Waals surface area (Å²) in [4.78, 5) is 36.7. The molecule has 4 rings (SSSR count). The lowest BCUT2D eigenvalue weighted by atomic mass is 9.84. The van der Waals surface area contributed by atoms with E-state index in [9.17, 15) is 9.59 Å². The molecule has 3 heterocycles. The lowest BCUT2D eigenvalue weighted by molar-refractivity contribution is -0.118. The molecule has 0 aromatic carbocycles. The average Bonchev–Trinajstić information content (AvgIpc) is 3.21. The minimum absolute atomic E-state index is 0.00404. The van der Waals surface area contributed by atoms with E-state index in [1.165, 1.54) is 0 Å². The number of amides is 1. The summed E-state index contributed by atoms with van der Waals surface area (Å²) in [5.41, 5.74) is 1.35. The van der Waals surface area contributed by atoms with Gasteiger partial charge in [0.15, 0.2) is 5.78 Å². The van der Waals surface area contributed by atoms with Crippen molar-refractivity contribution in [1.29, 1.82) is 0 Å². The second-order valence-corrected chi connectivity index (χ2v) is 6.62. The van der Waals surface area contributed by atoms with Crippen molar-refractivity contribution >= 4 is 24.0 Å². The molecule has 2 aromatic rings. The van der Waals surface area contributed by atoms with Crippen LogP contribution in [0, 0.1) is 0 Å². The predicted molar refractivity (Wildman–Crippen MR) is 95.5 cm³/mol. The van der Waals surface area contributed by atoms with E-state index in [2.05, 4.69) is 15.2 Å². The number of Topliss-reactive ketones (excluding diaryl/α,β-unsaturated/α-hetero) is 1. The van der Waals surface area contributed by atoms with Crippen LogP contribution in [0.25, 0.3) is 0 Å². The second kappa shape index (κ2) is 6.78. The molecule has 0 radical (unpaired) electrons. The zero-order chi connectivity index (χ0) is 18.1. The van der Waals surface area contributed by atoms with Crippen LogP contribution >= 0.6 is 0 Å². The quantitative estimate of drug-likeness (QED) is 0.827. The van der Waals surface area contributed by atoms with Gasteiger partial charge in [0.1, 0.15) is 11.6 Å². The number of ketones is 1. The van der Waals surface area contributed by atoms with Gasteiger partial charge in [0.25, 0.3) is 0 Å². The highest BCUT2D eigenvalue weighted by Crippen LogP contribution is 2.35. The van der Waals surface area contributed by atoms with Gasteiger partial charge in [-0.1, -0.05) is 0 Å². The Hall–Kier alpha value is -2.90. The highest BCUT2D eigenvalue weighted by molar-refractivity contribution is 6.03. The molecule has 8 nitrogen and oxygen atoms in total. The second-order valence-electron chi connectivity index (χ2n) is 6.62. The molecule has 8 heteroatoms. The Labute approximate surface area is 151 Å². The van der Waals surface area contributed by atoms with Gasteiger partial charge in [0, 0.05) is 52.0 Å². The van der Waals surface area contributed by atoms with Gasteiger partial charge in [-0.3, -0.25) is 9.59 Å². The number of carbonyl (C=O) groups excluding carboxylic acids is 2. The fraction of sp³-hybridized carbons (Fsp3) is 0.444. The first kappa shape index (κ1) is 16.6. The lowest BCUT2D eigenvalue weighted by Crippen LogP contribution is -2.46. The van der Waals surface area contributed by atoms with E-state index in [1.807, 2.05) is 12.1 Å². The van der Waals surface area contributed by atoms with Crippen molar-refractivity contribution in [2.24, 2.45) is 0 Å². The molecule has 0 saturated carbocycles. The number of piperazine rings is 1. The highest BCUT2D eigenvalue weighted by atomic mass is 16.3. The molecular weight excluding hydrogens is 334 g/mol. The lowest BCUT2D eigenvalue weighted by Gasteiger charge is -2.33. The van der Waals surface area contributed by atoms with Gasteiger partial charge in [-0.15, -0.1) is 0 Å². The first-order chi connectivity index (χ1) is 12.7. The number of nitrogens with one attached hydrogen (secondary N) is 1. The average molecular weight is 355 g/mol. The number of nitrogens with zero attached hydrogens (tertiary/aromatic N) is 4.